The monoisotopic (exact) mass is 429 g/mol. The summed E-state index contributed by atoms with van der Waals surface area (Å²) in [5.74, 6) is -3.71. The number of halogens is 3. The lowest BCUT2D eigenvalue weighted by molar-refractivity contribution is -0.217. The van der Waals surface area contributed by atoms with Crippen molar-refractivity contribution in [2.75, 3.05) is 0 Å². The molecule has 6 nitrogen and oxygen atoms in total. The second-order valence-corrected chi connectivity index (χ2v) is 8.47. The lowest BCUT2D eigenvalue weighted by atomic mass is 9.90. The number of sulfonamides is 1. The highest BCUT2D eigenvalue weighted by molar-refractivity contribution is 7.89. The Hall–Kier alpha value is -2.59. The van der Waals surface area contributed by atoms with Crippen LogP contribution in [0.15, 0.2) is 53.4 Å². The number of rotatable bonds is 5. The topological polar surface area (TPSA) is 92.7 Å². The van der Waals surface area contributed by atoms with Gasteiger partial charge in [0, 0.05) is 6.04 Å². The predicted molar refractivity (Wildman–Crippen MR) is 96.9 cm³/mol. The van der Waals surface area contributed by atoms with E-state index in [4.69, 9.17) is 9.84 Å². The van der Waals surface area contributed by atoms with Gasteiger partial charge in [-0.05, 0) is 42.7 Å². The van der Waals surface area contributed by atoms with Crippen LogP contribution in [0.1, 0.15) is 24.1 Å². The molecule has 1 unspecified atom stereocenters. The minimum absolute atomic E-state index is 0.0909. The fourth-order valence-electron chi connectivity index (χ4n) is 3.18. The van der Waals surface area contributed by atoms with Gasteiger partial charge in [0.05, 0.1) is 4.90 Å². The molecule has 2 aromatic rings. The normalized spacial score (nSPS) is 20.4. The van der Waals surface area contributed by atoms with Crippen LogP contribution in [0.2, 0.25) is 0 Å². The zero-order valence-corrected chi connectivity index (χ0v) is 16.0. The molecule has 1 aliphatic heterocycles. The van der Waals surface area contributed by atoms with Gasteiger partial charge >= 0.3 is 12.1 Å². The third-order valence-corrected chi connectivity index (χ3v) is 6.21. The first-order chi connectivity index (χ1) is 13.5. The third-order valence-electron chi connectivity index (χ3n) is 4.67. The largest absolute Gasteiger partial charge is 0.481 e. The van der Waals surface area contributed by atoms with Crippen LogP contribution in [0.3, 0.4) is 0 Å². The average molecular weight is 429 g/mol. The van der Waals surface area contributed by atoms with Crippen LogP contribution in [-0.2, 0) is 21.2 Å². The number of ether oxygens (including phenoxy) is 1. The molecule has 3 rings (SSSR count). The molecule has 10 heteroatoms. The predicted octanol–water partition coefficient (Wildman–Crippen LogP) is 3.29. The number of hydrogen-bond acceptors (Lipinski definition) is 4. The molecule has 0 radical (unpaired) electrons. The standard InChI is InChI=1S/C19H18F3NO5S/c1-11(12-5-3-2-4-6-12)23-29(26,27)14-7-8-16-13(9-14)10-15(18(24)25)17(28-16)19(20,21)22/h2-9,11,15,17,23H,10H2,1H3,(H,24,25)/t11?,15-,17+/m1/s1. The number of carboxylic acid groups (broad SMARTS) is 1. The van der Waals surface area contributed by atoms with Crippen LogP contribution < -0.4 is 9.46 Å². The quantitative estimate of drug-likeness (QED) is 0.761. The summed E-state index contributed by atoms with van der Waals surface area (Å²) in [5.41, 5.74) is 0.824. The Labute approximate surface area is 165 Å². The molecule has 2 aromatic carbocycles. The molecule has 1 aliphatic rings. The van der Waals surface area contributed by atoms with Crippen LogP contribution in [0.4, 0.5) is 13.2 Å². The lowest BCUT2D eigenvalue weighted by Crippen LogP contribution is -2.47. The average Bonchev–Trinajstić information content (AvgIpc) is 2.66. The van der Waals surface area contributed by atoms with E-state index in [9.17, 15) is 26.4 Å². The van der Waals surface area contributed by atoms with Crippen molar-refractivity contribution in [3.05, 3.63) is 59.7 Å². The number of aliphatic carboxylic acids is 1. The van der Waals surface area contributed by atoms with Crippen molar-refractivity contribution >= 4 is 16.0 Å². The van der Waals surface area contributed by atoms with Gasteiger partial charge in [0.1, 0.15) is 11.7 Å². The summed E-state index contributed by atoms with van der Waals surface area (Å²) < 4.78 is 72.1. The minimum Gasteiger partial charge on any atom is -0.481 e. The summed E-state index contributed by atoms with van der Waals surface area (Å²) >= 11 is 0. The number of carboxylic acids is 1. The maximum Gasteiger partial charge on any atom is 0.426 e. The van der Waals surface area contributed by atoms with Crippen LogP contribution in [0.25, 0.3) is 0 Å². The highest BCUT2D eigenvalue weighted by Gasteiger charge is 2.52. The van der Waals surface area contributed by atoms with Crippen molar-refractivity contribution in [2.45, 2.75) is 36.6 Å². The van der Waals surface area contributed by atoms with Crippen molar-refractivity contribution in [3.63, 3.8) is 0 Å². The molecule has 0 saturated heterocycles. The molecular weight excluding hydrogens is 411 g/mol. The summed E-state index contributed by atoms with van der Waals surface area (Å²) in [6.07, 6.45) is -7.85. The number of carbonyl (C=O) groups is 1. The summed E-state index contributed by atoms with van der Waals surface area (Å²) in [5, 5.41) is 9.16. The second kappa shape index (κ2) is 7.68. The molecule has 0 saturated carbocycles. The Morgan fingerprint density at radius 3 is 2.45 bits per heavy atom. The lowest BCUT2D eigenvalue weighted by Gasteiger charge is -2.32. The Bertz CT molecular complexity index is 1010. The second-order valence-electron chi connectivity index (χ2n) is 6.75. The van der Waals surface area contributed by atoms with Gasteiger partial charge < -0.3 is 9.84 Å². The number of fused-ring (bicyclic) bond motifs is 1. The number of hydrogen-bond donors (Lipinski definition) is 2. The highest BCUT2D eigenvalue weighted by Crippen LogP contribution is 2.39. The number of alkyl halides is 3. The Kier molecular flexibility index (Phi) is 5.59. The van der Waals surface area contributed by atoms with E-state index in [0.717, 1.165) is 23.8 Å². The molecule has 0 fully saturated rings. The SMILES string of the molecule is CC(NS(=O)(=O)c1ccc2c(c1)C[C@@H](C(=O)O)[C@@H](C(F)(F)F)O2)c1ccccc1. The van der Waals surface area contributed by atoms with Crippen molar-refractivity contribution < 1.29 is 36.2 Å². The first-order valence-corrected chi connectivity index (χ1v) is 10.1. The fraction of sp³-hybridized carbons (Fsp3) is 0.316. The van der Waals surface area contributed by atoms with Gasteiger partial charge in [0.2, 0.25) is 16.1 Å². The highest BCUT2D eigenvalue weighted by atomic mass is 32.2. The molecule has 2 N–H and O–H groups in total. The number of nitrogens with one attached hydrogen (secondary N) is 1. The van der Waals surface area contributed by atoms with E-state index >= 15 is 0 Å². The van der Waals surface area contributed by atoms with Gasteiger partial charge in [0.25, 0.3) is 0 Å². The third kappa shape index (κ3) is 4.54. The van der Waals surface area contributed by atoms with Crippen molar-refractivity contribution in [1.82, 2.24) is 4.72 Å². The Morgan fingerprint density at radius 1 is 1.21 bits per heavy atom. The summed E-state index contributed by atoms with van der Waals surface area (Å²) in [4.78, 5) is 11.1. The smallest absolute Gasteiger partial charge is 0.426 e. The van der Waals surface area contributed by atoms with Crippen molar-refractivity contribution in [2.24, 2.45) is 5.92 Å². The first-order valence-electron chi connectivity index (χ1n) is 8.65. The van der Waals surface area contributed by atoms with Gasteiger partial charge in [-0.3, -0.25) is 4.79 Å². The number of benzene rings is 2. The first kappa shape index (κ1) is 21.1. The Morgan fingerprint density at radius 2 is 1.86 bits per heavy atom. The van der Waals surface area contributed by atoms with E-state index in [1.54, 1.807) is 37.3 Å². The van der Waals surface area contributed by atoms with Crippen LogP contribution in [-0.4, -0.2) is 31.8 Å². The van der Waals surface area contributed by atoms with E-state index in [2.05, 4.69) is 4.72 Å². The van der Waals surface area contributed by atoms with Crippen LogP contribution in [0, 0.1) is 5.92 Å². The van der Waals surface area contributed by atoms with E-state index in [-0.39, 0.29) is 16.2 Å². The van der Waals surface area contributed by atoms with Gasteiger partial charge in [-0.25, -0.2) is 13.1 Å². The zero-order valence-electron chi connectivity index (χ0n) is 15.2. The van der Waals surface area contributed by atoms with E-state index < -0.39 is 46.7 Å². The van der Waals surface area contributed by atoms with Crippen LogP contribution >= 0.6 is 0 Å². The molecule has 0 aliphatic carbocycles. The van der Waals surface area contributed by atoms with Gasteiger partial charge in [0.15, 0.2) is 0 Å². The molecule has 0 amide bonds. The molecule has 3 atom stereocenters. The van der Waals surface area contributed by atoms with E-state index in [1.165, 1.54) is 0 Å². The van der Waals surface area contributed by atoms with Gasteiger partial charge in [-0.15, -0.1) is 0 Å². The summed E-state index contributed by atoms with van der Waals surface area (Å²) in [7, 11) is -4.00. The maximum atomic E-state index is 13.1. The fourth-order valence-corrected chi connectivity index (χ4v) is 4.46. The van der Waals surface area contributed by atoms with Crippen LogP contribution in [0.5, 0.6) is 5.75 Å². The molecule has 1 heterocycles. The molecule has 0 spiro atoms. The van der Waals surface area contributed by atoms with Gasteiger partial charge in [-0.2, -0.15) is 13.2 Å². The summed E-state index contributed by atoms with van der Waals surface area (Å²) in [6.45, 7) is 1.66. The van der Waals surface area contributed by atoms with E-state index in [1.807, 2.05) is 0 Å². The van der Waals surface area contributed by atoms with Crippen molar-refractivity contribution in [3.8, 4) is 5.75 Å². The molecule has 0 bridgehead atoms. The minimum atomic E-state index is -4.86. The Balaban J connectivity index is 1.89. The zero-order chi connectivity index (χ0) is 21.4. The molecule has 156 valence electrons. The maximum absolute atomic E-state index is 13.1. The molecular formula is C19H18F3NO5S. The molecule has 29 heavy (non-hydrogen) atoms. The molecule has 0 aromatic heterocycles. The van der Waals surface area contributed by atoms with Crippen molar-refractivity contribution in [1.29, 1.82) is 0 Å². The van der Waals surface area contributed by atoms with Gasteiger partial charge in [-0.1, -0.05) is 30.3 Å². The summed E-state index contributed by atoms with van der Waals surface area (Å²) in [6, 6.07) is 11.7. The van der Waals surface area contributed by atoms with E-state index in [0.29, 0.717) is 0 Å².